The first-order valence-electron chi connectivity index (χ1n) is 10.4. The van der Waals surface area contributed by atoms with Crippen LogP contribution in [-0.2, 0) is 4.79 Å². The van der Waals surface area contributed by atoms with Gasteiger partial charge in [-0.05, 0) is 49.3 Å². The summed E-state index contributed by atoms with van der Waals surface area (Å²) in [6, 6.07) is 8.40. The maximum atomic E-state index is 12.1. The van der Waals surface area contributed by atoms with Gasteiger partial charge in [-0.15, -0.1) is 0 Å². The number of amides is 1. The van der Waals surface area contributed by atoms with Crippen LogP contribution in [0.3, 0.4) is 0 Å². The average Bonchev–Trinajstić information content (AvgIpc) is 2.77. The summed E-state index contributed by atoms with van der Waals surface area (Å²) in [5.74, 6) is 1.75. The highest BCUT2D eigenvalue weighted by Gasteiger charge is 2.22. The van der Waals surface area contributed by atoms with E-state index in [9.17, 15) is 14.9 Å². The fraction of sp³-hybridized carbons (Fsp3) is 0.409. The lowest BCUT2D eigenvalue weighted by Crippen LogP contribution is -2.33. The maximum absolute atomic E-state index is 12.1. The molecule has 0 saturated heterocycles. The summed E-state index contributed by atoms with van der Waals surface area (Å²) in [6.45, 7) is 0.622. The van der Waals surface area contributed by atoms with Crippen molar-refractivity contribution in [2.45, 2.75) is 31.7 Å². The van der Waals surface area contributed by atoms with E-state index in [1.165, 1.54) is 18.2 Å². The molecule has 0 bridgehead atoms. The molecule has 0 unspecified atom stereocenters. The molecule has 0 aliphatic heterocycles. The van der Waals surface area contributed by atoms with Crippen LogP contribution in [0.5, 0.6) is 0 Å². The van der Waals surface area contributed by atoms with Crippen molar-refractivity contribution in [2.24, 2.45) is 5.92 Å². The van der Waals surface area contributed by atoms with E-state index in [-0.39, 0.29) is 11.6 Å². The van der Waals surface area contributed by atoms with Gasteiger partial charge in [0.1, 0.15) is 5.82 Å². The van der Waals surface area contributed by atoms with E-state index < -0.39 is 4.92 Å². The third-order valence-corrected chi connectivity index (χ3v) is 5.35. The molecule has 1 heterocycles. The Balaban J connectivity index is 1.41. The van der Waals surface area contributed by atoms with Crippen LogP contribution in [0, 0.1) is 16.0 Å². The minimum Gasteiger partial charge on any atom is -0.363 e. The molecule has 164 valence electrons. The largest absolute Gasteiger partial charge is 0.363 e. The lowest BCUT2D eigenvalue weighted by atomic mass is 9.86. The molecule has 2 N–H and O–H groups in total. The van der Waals surface area contributed by atoms with Crippen molar-refractivity contribution in [3.8, 4) is 0 Å². The quantitative estimate of drug-likeness (QED) is 0.380. The molecule has 1 aliphatic carbocycles. The van der Waals surface area contributed by atoms with Crippen LogP contribution < -0.4 is 15.5 Å². The van der Waals surface area contributed by atoms with E-state index in [2.05, 4.69) is 20.6 Å². The van der Waals surface area contributed by atoms with Gasteiger partial charge in [0.15, 0.2) is 0 Å². The van der Waals surface area contributed by atoms with Crippen molar-refractivity contribution in [1.82, 2.24) is 15.3 Å². The van der Waals surface area contributed by atoms with E-state index in [1.807, 2.05) is 25.1 Å². The molecule has 2 aromatic rings. The molecule has 9 heteroatoms. The number of hydrogen-bond donors (Lipinski definition) is 2. The third-order valence-electron chi connectivity index (χ3n) is 5.35. The van der Waals surface area contributed by atoms with Gasteiger partial charge in [-0.3, -0.25) is 14.9 Å². The van der Waals surface area contributed by atoms with Gasteiger partial charge in [-0.2, -0.15) is 4.98 Å². The van der Waals surface area contributed by atoms with Crippen molar-refractivity contribution >= 4 is 29.4 Å². The standard InChI is InChI=1S/C22H28N6O3/c1-27(2)20-12-13-23-22(26-20)25-18-9-6-17(7-10-18)15-24-21(29)11-8-16-4-3-5-19(14-16)28(30)31/h3-5,8,11-14,17-18H,6-7,9-10,15H2,1-2H3,(H,24,29)(H,23,25,26)/b11-8+. The molecule has 0 atom stereocenters. The number of aromatic nitrogens is 2. The SMILES string of the molecule is CN(C)c1ccnc(NC2CCC(CNC(=O)/C=C/c3cccc([N+](=O)[O-])c3)CC2)n1. The van der Waals surface area contributed by atoms with Crippen LogP contribution in [0.1, 0.15) is 31.2 Å². The molecular weight excluding hydrogens is 396 g/mol. The summed E-state index contributed by atoms with van der Waals surface area (Å²) < 4.78 is 0. The molecule has 3 rings (SSSR count). The van der Waals surface area contributed by atoms with Gasteiger partial charge < -0.3 is 15.5 Å². The number of carbonyl (C=O) groups excluding carboxylic acids is 1. The molecule has 1 amide bonds. The highest BCUT2D eigenvalue weighted by atomic mass is 16.6. The predicted octanol–water partition coefficient (Wildman–Crippen LogP) is 3.25. The first-order valence-corrected chi connectivity index (χ1v) is 10.4. The van der Waals surface area contributed by atoms with Gasteiger partial charge in [-0.25, -0.2) is 4.98 Å². The first-order chi connectivity index (χ1) is 14.9. The number of rotatable bonds is 8. The van der Waals surface area contributed by atoms with E-state index in [0.29, 0.717) is 30.0 Å². The smallest absolute Gasteiger partial charge is 0.270 e. The van der Waals surface area contributed by atoms with Crippen LogP contribution in [0.25, 0.3) is 6.08 Å². The van der Waals surface area contributed by atoms with Crippen LogP contribution >= 0.6 is 0 Å². The van der Waals surface area contributed by atoms with Crippen LogP contribution in [0.15, 0.2) is 42.6 Å². The Morgan fingerprint density at radius 2 is 2.03 bits per heavy atom. The Morgan fingerprint density at radius 3 is 2.74 bits per heavy atom. The summed E-state index contributed by atoms with van der Waals surface area (Å²) in [7, 11) is 3.90. The molecule has 9 nitrogen and oxygen atoms in total. The first kappa shape index (κ1) is 22.2. The number of nitro benzene ring substituents is 1. The molecule has 1 aliphatic rings. The van der Waals surface area contributed by atoms with Gasteiger partial charge >= 0.3 is 0 Å². The number of anilines is 2. The molecule has 0 radical (unpaired) electrons. The monoisotopic (exact) mass is 424 g/mol. The third kappa shape index (κ3) is 6.77. The zero-order chi connectivity index (χ0) is 22.2. The van der Waals surface area contributed by atoms with E-state index in [0.717, 1.165) is 31.5 Å². The summed E-state index contributed by atoms with van der Waals surface area (Å²) in [4.78, 5) is 33.2. The molecule has 1 aromatic carbocycles. The normalized spacial score (nSPS) is 18.5. The van der Waals surface area contributed by atoms with Gasteiger partial charge in [0.2, 0.25) is 11.9 Å². The Labute approximate surface area is 181 Å². The number of carbonyl (C=O) groups is 1. The van der Waals surface area contributed by atoms with Gasteiger partial charge in [0, 0.05) is 51.1 Å². The average molecular weight is 425 g/mol. The number of benzene rings is 1. The van der Waals surface area contributed by atoms with Crippen molar-refractivity contribution in [1.29, 1.82) is 0 Å². The number of non-ortho nitro benzene ring substituents is 1. The fourth-order valence-electron chi connectivity index (χ4n) is 3.58. The number of hydrogen-bond acceptors (Lipinski definition) is 7. The van der Waals surface area contributed by atoms with E-state index in [1.54, 1.807) is 24.4 Å². The lowest BCUT2D eigenvalue weighted by Gasteiger charge is -2.29. The fourth-order valence-corrected chi connectivity index (χ4v) is 3.58. The molecule has 1 saturated carbocycles. The molecule has 0 spiro atoms. The van der Waals surface area contributed by atoms with Gasteiger partial charge in [0.25, 0.3) is 5.69 Å². The molecule has 1 aromatic heterocycles. The van der Waals surface area contributed by atoms with Gasteiger partial charge in [0.05, 0.1) is 4.92 Å². The number of nitrogens with zero attached hydrogens (tertiary/aromatic N) is 4. The second kappa shape index (κ2) is 10.5. The van der Waals surface area contributed by atoms with Crippen molar-refractivity contribution < 1.29 is 9.72 Å². The summed E-state index contributed by atoms with van der Waals surface area (Å²) in [5.41, 5.74) is 0.628. The summed E-state index contributed by atoms with van der Waals surface area (Å²) in [6.07, 6.45) is 8.79. The zero-order valence-electron chi connectivity index (χ0n) is 17.8. The number of nitro groups is 1. The highest BCUT2D eigenvalue weighted by molar-refractivity contribution is 5.91. The topological polar surface area (TPSA) is 113 Å². The minimum atomic E-state index is -0.451. The summed E-state index contributed by atoms with van der Waals surface area (Å²) >= 11 is 0. The Kier molecular flexibility index (Phi) is 7.53. The van der Waals surface area contributed by atoms with Gasteiger partial charge in [-0.1, -0.05) is 12.1 Å². The Morgan fingerprint density at radius 1 is 1.26 bits per heavy atom. The van der Waals surface area contributed by atoms with Crippen LogP contribution in [-0.4, -0.2) is 47.5 Å². The molecule has 1 fully saturated rings. The van der Waals surface area contributed by atoms with Crippen LogP contribution in [0.2, 0.25) is 0 Å². The second-order valence-corrected chi connectivity index (χ2v) is 7.93. The predicted molar refractivity (Wildman–Crippen MR) is 121 cm³/mol. The second-order valence-electron chi connectivity index (χ2n) is 7.93. The minimum absolute atomic E-state index is 0.00627. The summed E-state index contributed by atoms with van der Waals surface area (Å²) in [5, 5.41) is 17.2. The Hall–Kier alpha value is -3.49. The molecular formula is C22H28N6O3. The van der Waals surface area contributed by atoms with E-state index >= 15 is 0 Å². The van der Waals surface area contributed by atoms with E-state index in [4.69, 9.17) is 0 Å². The zero-order valence-corrected chi connectivity index (χ0v) is 17.8. The van der Waals surface area contributed by atoms with Crippen molar-refractivity contribution in [3.63, 3.8) is 0 Å². The molecule has 31 heavy (non-hydrogen) atoms. The number of nitrogens with one attached hydrogen (secondary N) is 2. The maximum Gasteiger partial charge on any atom is 0.270 e. The lowest BCUT2D eigenvalue weighted by molar-refractivity contribution is -0.384. The van der Waals surface area contributed by atoms with Crippen molar-refractivity contribution in [2.75, 3.05) is 30.9 Å². The van der Waals surface area contributed by atoms with Crippen LogP contribution in [0.4, 0.5) is 17.5 Å². The highest BCUT2D eigenvalue weighted by Crippen LogP contribution is 2.25. The Bertz CT molecular complexity index is 938. The van der Waals surface area contributed by atoms with Crippen molar-refractivity contribution in [3.05, 3.63) is 58.3 Å².